The molecule has 0 radical (unpaired) electrons. The zero-order chi connectivity index (χ0) is 19.6. The number of rotatable bonds is 4. The van der Waals surface area contributed by atoms with E-state index in [9.17, 15) is 4.79 Å². The third-order valence-corrected chi connectivity index (χ3v) is 6.30. The van der Waals surface area contributed by atoms with Gasteiger partial charge < -0.3 is 29.7 Å². The molecular weight excluding hydrogens is 394 g/mol. The van der Waals surface area contributed by atoms with Crippen LogP contribution in [0.15, 0.2) is 29.8 Å². The highest BCUT2D eigenvalue weighted by Gasteiger charge is 2.48. The lowest BCUT2D eigenvalue weighted by Gasteiger charge is -2.29. The fraction of sp³-hybridized carbons (Fsp3) is 0.526. The average molecular weight is 417 g/mol. The van der Waals surface area contributed by atoms with E-state index in [0.717, 1.165) is 10.6 Å². The van der Waals surface area contributed by atoms with E-state index in [1.165, 1.54) is 0 Å². The fourth-order valence-electron chi connectivity index (χ4n) is 3.92. The smallest absolute Gasteiger partial charge is 0.317 e. The number of hydrogen-bond acceptors (Lipinski definition) is 8. The number of hydrogen-bond donors (Lipinski definition) is 2. The summed E-state index contributed by atoms with van der Waals surface area (Å²) in [5.41, 5.74) is 0.885. The molecule has 0 spiro atoms. The van der Waals surface area contributed by atoms with Gasteiger partial charge in [-0.15, -0.1) is 11.3 Å². The van der Waals surface area contributed by atoms with Crippen LogP contribution in [0, 0.1) is 0 Å². The second-order valence-electron chi connectivity index (χ2n) is 7.24. The molecule has 10 heteroatoms. The SMILES string of the molecule is O=C(NC1COC2C(Nc3nccc(-c4cccs4)n3)COC12)N1CCOCC1. The summed E-state index contributed by atoms with van der Waals surface area (Å²) in [4.78, 5) is 24.3. The highest BCUT2D eigenvalue weighted by Crippen LogP contribution is 2.29. The minimum Gasteiger partial charge on any atom is -0.378 e. The molecule has 154 valence electrons. The summed E-state index contributed by atoms with van der Waals surface area (Å²) in [5, 5.41) is 8.43. The first-order valence-electron chi connectivity index (χ1n) is 9.78. The Balaban J connectivity index is 1.20. The van der Waals surface area contributed by atoms with Gasteiger partial charge in [-0.25, -0.2) is 14.8 Å². The number of morpholine rings is 1. The second kappa shape index (κ2) is 8.23. The Morgan fingerprint density at radius 3 is 2.72 bits per heavy atom. The first kappa shape index (κ1) is 18.7. The maximum absolute atomic E-state index is 12.5. The predicted molar refractivity (Wildman–Crippen MR) is 107 cm³/mol. The van der Waals surface area contributed by atoms with Crippen molar-refractivity contribution in [2.24, 2.45) is 0 Å². The van der Waals surface area contributed by atoms with Crippen molar-refractivity contribution in [3.8, 4) is 10.6 Å². The average Bonchev–Trinajstić information content (AvgIpc) is 3.49. The van der Waals surface area contributed by atoms with E-state index in [1.807, 2.05) is 23.6 Å². The van der Waals surface area contributed by atoms with Crippen LogP contribution in [-0.2, 0) is 14.2 Å². The lowest BCUT2D eigenvalue weighted by atomic mass is 10.1. The van der Waals surface area contributed by atoms with E-state index in [4.69, 9.17) is 14.2 Å². The maximum atomic E-state index is 12.5. The van der Waals surface area contributed by atoms with Crippen LogP contribution in [0.3, 0.4) is 0 Å². The Bertz CT molecular complexity index is 845. The predicted octanol–water partition coefficient (Wildman–Crippen LogP) is 1.19. The monoisotopic (exact) mass is 417 g/mol. The number of ether oxygens (including phenoxy) is 3. The van der Waals surface area contributed by atoms with Crippen molar-refractivity contribution in [3.63, 3.8) is 0 Å². The Morgan fingerprint density at radius 1 is 1.14 bits per heavy atom. The normalized spacial score (nSPS) is 28.9. The van der Waals surface area contributed by atoms with Crippen molar-refractivity contribution >= 4 is 23.3 Å². The Hall–Kier alpha value is -2.27. The van der Waals surface area contributed by atoms with Crippen LogP contribution in [0.1, 0.15) is 0 Å². The standard InChI is InChI=1S/C19H23N5O4S/c25-19(24-5-7-26-8-6-24)23-14-11-28-16-13(10-27-17(14)16)22-18-20-4-3-12(21-18)15-2-1-9-29-15/h1-4,9,13-14,16-17H,5-8,10-11H2,(H,23,25)(H,20,21,22). The molecule has 2 amide bonds. The molecule has 3 fully saturated rings. The number of nitrogens with one attached hydrogen (secondary N) is 2. The summed E-state index contributed by atoms with van der Waals surface area (Å²) in [6.45, 7) is 3.28. The van der Waals surface area contributed by atoms with Crippen molar-refractivity contribution in [2.75, 3.05) is 44.8 Å². The molecule has 5 heterocycles. The lowest BCUT2D eigenvalue weighted by molar-refractivity contribution is 0.0485. The first-order chi connectivity index (χ1) is 14.3. The van der Waals surface area contributed by atoms with Gasteiger partial charge in [0.25, 0.3) is 0 Å². The van der Waals surface area contributed by atoms with E-state index in [1.54, 1.807) is 22.4 Å². The van der Waals surface area contributed by atoms with Crippen LogP contribution in [0.4, 0.5) is 10.7 Å². The van der Waals surface area contributed by atoms with Gasteiger partial charge in [0.15, 0.2) is 0 Å². The van der Waals surface area contributed by atoms with Gasteiger partial charge >= 0.3 is 6.03 Å². The van der Waals surface area contributed by atoms with Gasteiger partial charge in [0.05, 0.1) is 49.1 Å². The van der Waals surface area contributed by atoms with Gasteiger partial charge in [-0.1, -0.05) is 6.07 Å². The molecule has 29 heavy (non-hydrogen) atoms. The van der Waals surface area contributed by atoms with Crippen LogP contribution >= 0.6 is 11.3 Å². The van der Waals surface area contributed by atoms with Gasteiger partial charge in [-0.3, -0.25) is 0 Å². The number of thiophene rings is 1. The van der Waals surface area contributed by atoms with Gasteiger partial charge in [0, 0.05) is 19.3 Å². The topological polar surface area (TPSA) is 97.8 Å². The molecule has 2 N–H and O–H groups in total. The molecule has 0 bridgehead atoms. The van der Waals surface area contributed by atoms with Crippen molar-refractivity contribution in [3.05, 3.63) is 29.8 Å². The minimum absolute atomic E-state index is 0.0659. The number of aromatic nitrogens is 2. The molecule has 2 aromatic rings. The molecule has 2 aromatic heterocycles. The van der Waals surface area contributed by atoms with E-state index in [2.05, 4.69) is 20.6 Å². The molecule has 5 rings (SSSR count). The summed E-state index contributed by atoms with van der Waals surface area (Å²) in [6.07, 6.45) is 1.41. The molecule has 0 saturated carbocycles. The minimum atomic E-state index is -0.182. The van der Waals surface area contributed by atoms with Crippen LogP contribution in [0.2, 0.25) is 0 Å². The summed E-state index contributed by atoms with van der Waals surface area (Å²) in [6, 6.07) is 5.61. The fourth-order valence-corrected chi connectivity index (χ4v) is 4.61. The van der Waals surface area contributed by atoms with Gasteiger partial charge in [-0.05, 0) is 17.5 Å². The molecule has 9 nitrogen and oxygen atoms in total. The quantitative estimate of drug-likeness (QED) is 0.771. The third-order valence-electron chi connectivity index (χ3n) is 5.40. The Labute approximate surface area is 172 Å². The lowest BCUT2D eigenvalue weighted by Crippen LogP contribution is -2.52. The number of anilines is 1. The van der Waals surface area contributed by atoms with Crippen molar-refractivity contribution in [1.82, 2.24) is 20.2 Å². The summed E-state index contributed by atoms with van der Waals surface area (Å²) in [5.74, 6) is 0.551. The Morgan fingerprint density at radius 2 is 1.93 bits per heavy atom. The van der Waals surface area contributed by atoms with Crippen LogP contribution < -0.4 is 10.6 Å². The van der Waals surface area contributed by atoms with Crippen LogP contribution in [-0.4, -0.2) is 84.7 Å². The molecule has 4 unspecified atom stereocenters. The van der Waals surface area contributed by atoms with E-state index in [-0.39, 0.29) is 30.3 Å². The van der Waals surface area contributed by atoms with E-state index < -0.39 is 0 Å². The van der Waals surface area contributed by atoms with Crippen molar-refractivity contribution < 1.29 is 19.0 Å². The number of fused-ring (bicyclic) bond motifs is 1. The van der Waals surface area contributed by atoms with Gasteiger partial charge in [-0.2, -0.15) is 0 Å². The zero-order valence-corrected chi connectivity index (χ0v) is 16.6. The number of nitrogens with zero attached hydrogens (tertiary/aromatic N) is 3. The Kier molecular flexibility index (Phi) is 5.32. The highest BCUT2D eigenvalue weighted by atomic mass is 32.1. The first-order valence-corrected chi connectivity index (χ1v) is 10.7. The molecular formula is C19H23N5O4S. The molecule has 3 aliphatic heterocycles. The molecule has 3 aliphatic rings. The second-order valence-corrected chi connectivity index (χ2v) is 8.19. The van der Waals surface area contributed by atoms with Crippen LogP contribution in [0.5, 0.6) is 0 Å². The number of carbonyl (C=O) groups is 1. The van der Waals surface area contributed by atoms with Gasteiger partial charge in [0.2, 0.25) is 5.95 Å². The maximum Gasteiger partial charge on any atom is 0.317 e. The summed E-state index contributed by atoms with van der Waals surface area (Å²) in [7, 11) is 0. The van der Waals surface area contributed by atoms with Crippen molar-refractivity contribution in [1.29, 1.82) is 0 Å². The molecule has 0 aliphatic carbocycles. The van der Waals surface area contributed by atoms with Crippen molar-refractivity contribution in [2.45, 2.75) is 24.3 Å². The molecule has 4 atom stereocenters. The van der Waals surface area contributed by atoms with Gasteiger partial charge in [0.1, 0.15) is 12.2 Å². The highest BCUT2D eigenvalue weighted by molar-refractivity contribution is 7.13. The van der Waals surface area contributed by atoms with E-state index in [0.29, 0.717) is 45.5 Å². The molecule has 0 aromatic carbocycles. The van der Waals surface area contributed by atoms with E-state index >= 15 is 0 Å². The third kappa shape index (κ3) is 3.93. The van der Waals surface area contributed by atoms with Crippen LogP contribution in [0.25, 0.3) is 10.6 Å². The zero-order valence-electron chi connectivity index (χ0n) is 15.8. The number of urea groups is 1. The summed E-state index contributed by atoms with van der Waals surface area (Å²) >= 11 is 1.64. The largest absolute Gasteiger partial charge is 0.378 e. The molecule has 3 saturated heterocycles. The number of amides is 2. The number of carbonyl (C=O) groups excluding carboxylic acids is 1. The summed E-state index contributed by atoms with van der Waals surface area (Å²) < 4.78 is 17.2.